The molecular weight excluding hydrogens is 191 g/mol. The molecule has 0 fully saturated rings. The van der Waals surface area contributed by atoms with Gasteiger partial charge in [-0.2, -0.15) is 9.65 Å². The van der Waals surface area contributed by atoms with Gasteiger partial charge in [0, 0.05) is 0 Å². The predicted octanol–water partition coefficient (Wildman–Crippen LogP) is 1.64. The molecule has 1 aromatic rings. The molecule has 0 aliphatic carbocycles. The standard InChI is InChI=1S/C8H5FN2O3/c9-7-2-1-6(14-4-3-10)5-8(7)11(12)13/h1-2,5H,4H2. The van der Waals surface area contributed by atoms with Gasteiger partial charge in [0.25, 0.3) is 0 Å². The van der Waals surface area contributed by atoms with Gasteiger partial charge in [0.2, 0.25) is 5.82 Å². The van der Waals surface area contributed by atoms with E-state index < -0.39 is 16.4 Å². The summed E-state index contributed by atoms with van der Waals surface area (Å²) < 4.78 is 17.5. The van der Waals surface area contributed by atoms with Crippen LogP contribution in [0.3, 0.4) is 0 Å². The third kappa shape index (κ3) is 2.17. The van der Waals surface area contributed by atoms with Crippen LogP contribution in [0, 0.1) is 27.3 Å². The topological polar surface area (TPSA) is 76.2 Å². The zero-order valence-corrected chi connectivity index (χ0v) is 6.94. The first kappa shape index (κ1) is 9.92. The summed E-state index contributed by atoms with van der Waals surface area (Å²) in [6.45, 7) is -0.233. The summed E-state index contributed by atoms with van der Waals surface area (Å²) >= 11 is 0. The summed E-state index contributed by atoms with van der Waals surface area (Å²) in [5.74, 6) is -0.834. The molecule has 0 unspecified atom stereocenters. The van der Waals surface area contributed by atoms with Gasteiger partial charge in [-0.1, -0.05) is 0 Å². The molecule has 0 radical (unpaired) electrons. The Bertz CT molecular complexity index is 400. The largest absolute Gasteiger partial charge is 0.478 e. The Morgan fingerprint density at radius 1 is 1.64 bits per heavy atom. The molecule has 5 nitrogen and oxygen atoms in total. The molecule has 14 heavy (non-hydrogen) atoms. The van der Waals surface area contributed by atoms with E-state index in [2.05, 4.69) is 0 Å². The zero-order chi connectivity index (χ0) is 10.6. The fourth-order valence-corrected chi connectivity index (χ4v) is 0.838. The number of benzene rings is 1. The molecule has 0 N–H and O–H groups in total. The molecule has 0 atom stereocenters. The van der Waals surface area contributed by atoms with E-state index in [9.17, 15) is 14.5 Å². The molecule has 0 aliphatic rings. The van der Waals surface area contributed by atoms with E-state index in [-0.39, 0.29) is 12.4 Å². The summed E-state index contributed by atoms with van der Waals surface area (Å²) in [6.07, 6.45) is 0. The van der Waals surface area contributed by atoms with Crippen molar-refractivity contribution in [1.29, 1.82) is 5.26 Å². The van der Waals surface area contributed by atoms with E-state index in [1.165, 1.54) is 6.07 Å². The first-order valence-corrected chi connectivity index (χ1v) is 3.59. The number of nitro groups is 1. The molecule has 72 valence electrons. The van der Waals surface area contributed by atoms with Crippen LogP contribution in [0.4, 0.5) is 10.1 Å². The Morgan fingerprint density at radius 2 is 2.36 bits per heavy atom. The van der Waals surface area contributed by atoms with E-state index in [4.69, 9.17) is 10.00 Å². The van der Waals surface area contributed by atoms with Gasteiger partial charge in [0.15, 0.2) is 6.61 Å². The van der Waals surface area contributed by atoms with Crippen LogP contribution in [0.5, 0.6) is 5.75 Å². The summed E-state index contributed by atoms with van der Waals surface area (Å²) in [7, 11) is 0. The van der Waals surface area contributed by atoms with Crippen molar-refractivity contribution in [1.82, 2.24) is 0 Å². The van der Waals surface area contributed by atoms with Crippen LogP contribution in [-0.4, -0.2) is 11.5 Å². The molecule has 1 rings (SSSR count). The van der Waals surface area contributed by atoms with E-state index >= 15 is 0 Å². The maximum Gasteiger partial charge on any atom is 0.308 e. The quantitative estimate of drug-likeness (QED) is 0.543. The van der Waals surface area contributed by atoms with Gasteiger partial charge in [0.1, 0.15) is 11.8 Å². The van der Waals surface area contributed by atoms with Gasteiger partial charge < -0.3 is 4.74 Å². The summed E-state index contributed by atoms with van der Waals surface area (Å²) in [5, 5.41) is 18.5. The van der Waals surface area contributed by atoms with Crippen molar-refractivity contribution in [2.45, 2.75) is 0 Å². The van der Waals surface area contributed by atoms with Gasteiger partial charge in [-0.3, -0.25) is 10.1 Å². The SMILES string of the molecule is N#CCOc1ccc(F)c([N+](=O)[O-])c1. The molecule has 0 aliphatic heterocycles. The van der Waals surface area contributed by atoms with Crippen LogP contribution in [0.25, 0.3) is 0 Å². The fraction of sp³-hybridized carbons (Fsp3) is 0.125. The number of rotatable bonds is 3. The maximum atomic E-state index is 12.8. The average molecular weight is 196 g/mol. The highest BCUT2D eigenvalue weighted by atomic mass is 19.1. The smallest absolute Gasteiger partial charge is 0.308 e. The van der Waals surface area contributed by atoms with Crippen molar-refractivity contribution in [2.24, 2.45) is 0 Å². The fourth-order valence-electron chi connectivity index (χ4n) is 0.838. The minimum absolute atomic E-state index is 0.0969. The third-order valence-electron chi connectivity index (χ3n) is 1.42. The molecule has 6 heteroatoms. The van der Waals surface area contributed by atoms with Crippen LogP contribution in [-0.2, 0) is 0 Å². The normalized spacial score (nSPS) is 9.14. The van der Waals surface area contributed by atoms with E-state index in [1.54, 1.807) is 6.07 Å². The third-order valence-corrected chi connectivity index (χ3v) is 1.42. The Morgan fingerprint density at radius 3 is 2.93 bits per heavy atom. The molecule has 0 aromatic heterocycles. The Hall–Kier alpha value is -2.16. The lowest BCUT2D eigenvalue weighted by Gasteiger charge is -2.00. The monoisotopic (exact) mass is 196 g/mol. The van der Waals surface area contributed by atoms with Crippen molar-refractivity contribution < 1.29 is 14.1 Å². The van der Waals surface area contributed by atoms with Gasteiger partial charge in [-0.05, 0) is 12.1 Å². The molecule has 0 saturated heterocycles. The van der Waals surface area contributed by atoms with Crippen LogP contribution >= 0.6 is 0 Å². The van der Waals surface area contributed by atoms with Gasteiger partial charge in [-0.25, -0.2) is 0 Å². The van der Waals surface area contributed by atoms with Crippen molar-refractivity contribution >= 4 is 5.69 Å². The minimum atomic E-state index is -0.931. The van der Waals surface area contributed by atoms with Gasteiger partial charge >= 0.3 is 5.69 Å². The second-order valence-electron chi connectivity index (χ2n) is 2.32. The lowest BCUT2D eigenvalue weighted by Crippen LogP contribution is -1.96. The molecule has 0 amide bonds. The molecular formula is C8H5FN2O3. The van der Waals surface area contributed by atoms with Crippen LogP contribution < -0.4 is 4.74 Å². The van der Waals surface area contributed by atoms with Crippen molar-refractivity contribution in [3.8, 4) is 11.8 Å². The lowest BCUT2D eigenvalue weighted by atomic mass is 10.3. The van der Waals surface area contributed by atoms with Crippen molar-refractivity contribution in [2.75, 3.05) is 6.61 Å². The van der Waals surface area contributed by atoms with E-state index in [1.807, 2.05) is 0 Å². The summed E-state index contributed by atoms with van der Waals surface area (Å²) in [6, 6.07) is 4.77. The highest BCUT2D eigenvalue weighted by Gasteiger charge is 2.14. The molecule has 0 saturated carbocycles. The Labute approximate surface area is 78.5 Å². The van der Waals surface area contributed by atoms with Crippen LogP contribution in [0.15, 0.2) is 18.2 Å². The second kappa shape index (κ2) is 4.18. The highest BCUT2D eigenvalue weighted by Crippen LogP contribution is 2.22. The Balaban J connectivity index is 2.96. The van der Waals surface area contributed by atoms with Crippen LogP contribution in [0.1, 0.15) is 0 Å². The highest BCUT2D eigenvalue weighted by molar-refractivity contribution is 5.39. The van der Waals surface area contributed by atoms with Gasteiger partial charge in [-0.15, -0.1) is 0 Å². The van der Waals surface area contributed by atoms with Gasteiger partial charge in [0.05, 0.1) is 11.0 Å². The van der Waals surface area contributed by atoms with E-state index in [0.717, 1.165) is 12.1 Å². The molecule has 0 heterocycles. The van der Waals surface area contributed by atoms with E-state index in [0.29, 0.717) is 0 Å². The summed E-state index contributed by atoms with van der Waals surface area (Å²) in [4.78, 5) is 9.44. The molecule has 0 bridgehead atoms. The van der Waals surface area contributed by atoms with Crippen LogP contribution in [0.2, 0.25) is 0 Å². The molecule has 0 spiro atoms. The number of nitrogens with zero attached hydrogens (tertiary/aromatic N) is 2. The summed E-state index contributed by atoms with van der Waals surface area (Å²) in [5.41, 5.74) is -0.666. The number of ether oxygens (including phenoxy) is 1. The maximum absolute atomic E-state index is 12.8. The number of halogens is 1. The number of nitriles is 1. The average Bonchev–Trinajstić information content (AvgIpc) is 2.16. The molecule has 1 aromatic carbocycles. The predicted molar refractivity (Wildman–Crippen MR) is 44.2 cm³/mol. The lowest BCUT2D eigenvalue weighted by molar-refractivity contribution is -0.387. The number of hydrogen-bond acceptors (Lipinski definition) is 4. The Kier molecular flexibility index (Phi) is 2.97. The first-order valence-electron chi connectivity index (χ1n) is 3.59. The van der Waals surface area contributed by atoms with Crippen molar-refractivity contribution in [3.63, 3.8) is 0 Å². The zero-order valence-electron chi connectivity index (χ0n) is 6.94. The first-order chi connectivity index (χ1) is 6.65. The second-order valence-corrected chi connectivity index (χ2v) is 2.32. The number of nitro benzene ring substituents is 1. The minimum Gasteiger partial charge on any atom is -0.478 e. The number of hydrogen-bond donors (Lipinski definition) is 0. The van der Waals surface area contributed by atoms with Crippen molar-refractivity contribution in [3.05, 3.63) is 34.1 Å².